The van der Waals surface area contributed by atoms with Crippen LogP contribution in [-0.4, -0.2) is 0 Å². The normalized spacial score (nSPS) is 12.1. The van der Waals surface area contributed by atoms with Gasteiger partial charge < -0.3 is 0 Å². The summed E-state index contributed by atoms with van der Waals surface area (Å²) < 4.78 is 0. The molecule has 0 nitrogen and oxygen atoms in total. The fourth-order valence-corrected chi connectivity index (χ4v) is 3.74. The lowest BCUT2D eigenvalue weighted by Gasteiger charge is -2.06. The van der Waals surface area contributed by atoms with Crippen molar-refractivity contribution >= 4 is 22.4 Å². The largest absolute Gasteiger partial charge is 0.0616 e. The lowest BCUT2D eigenvalue weighted by Crippen LogP contribution is -1.83. The van der Waals surface area contributed by atoms with E-state index >= 15 is 0 Å². The van der Waals surface area contributed by atoms with Crippen molar-refractivity contribution in [1.29, 1.82) is 0 Å². The fraction of sp³-hybridized carbons (Fsp3) is 0. The van der Waals surface area contributed by atoms with Gasteiger partial charge in [-0.3, -0.25) is 0 Å². The molecule has 0 aromatic heterocycles. The first kappa shape index (κ1) is 13.3. The topological polar surface area (TPSA) is 0 Å². The van der Waals surface area contributed by atoms with Crippen molar-refractivity contribution in [1.82, 2.24) is 0 Å². The van der Waals surface area contributed by atoms with Gasteiger partial charge in [-0.15, -0.1) is 0 Å². The molecule has 0 unspecified atom stereocenters. The molecule has 0 atom stereocenters. The molecule has 0 fully saturated rings. The minimum absolute atomic E-state index is 1.27. The van der Waals surface area contributed by atoms with E-state index < -0.39 is 0 Å². The Hall–Kier alpha value is -3.12. The molecule has 0 aliphatic heterocycles. The van der Waals surface area contributed by atoms with Crippen LogP contribution < -0.4 is 0 Å². The fourth-order valence-electron chi connectivity index (χ4n) is 3.74. The van der Waals surface area contributed by atoms with Crippen LogP contribution in [0.4, 0.5) is 0 Å². The number of rotatable bonds is 1. The van der Waals surface area contributed by atoms with Gasteiger partial charge in [0.1, 0.15) is 0 Å². The molecule has 0 radical (unpaired) electrons. The molecule has 0 saturated heterocycles. The molecule has 5 rings (SSSR count). The highest BCUT2D eigenvalue weighted by Crippen LogP contribution is 2.44. The standard InChI is InChI=1S/C24H16/c1-2-11-19-17(8-1)9-7-10-18(19)16-24-22-14-5-3-12-20(22)21-13-4-6-15-23(21)24/h1-16H. The van der Waals surface area contributed by atoms with Crippen molar-refractivity contribution in [2.24, 2.45) is 0 Å². The molecule has 1 aliphatic rings. The van der Waals surface area contributed by atoms with E-state index in [1.807, 2.05) is 0 Å². The Morgan fingerprint density at radius 1 is 0.458 bits per heavy atom. The van der Waals surface area contributed by atoms with Crippen LogP contribution >= 0.6 is 0 Å². The maximum Gasteiger partial charge on any atom is -0.00928 e. The summed E-state index contributed by atoms with van der Waals surface area (Å²) in [6, 6.07) is 32.5. The van der Waals surface area contributed by atoms with Crippen molar-refractivity contribution in [3.63, 3.8) is 0 Å². The second-order valence-electron chi connectivity index (χ2n) is 6.22. The van der Waals surface area contributed by atoms with Crippen LogP contribution in [0.2, 0.25) is 0 Å². The van der Waals surface area contributed by atoms with Crippen LogP contribution in [0.5, 0.6) is 0 Å². The number of fused-ring (bicyclic) bond motifs is 4. The van der Waals surface area contributed by atoms with E-state index in [1.165, 1.54) is 44.2 Å². The third-order valence-corrected chi connectivity index (χ3v) is 4.85. The second-order valence-corrected chi connectivity index (χ2v) is 6.22. The second kappa shape index (κ2) is 5.21. The SMILES string of the molecule is C(=C1c2ccccc2-c2ccccc21)c1cccc2ccccc12. The Morgan fingerprint density at radius 3 is 1.71 bits per heavy atom. The van der Waals surface area contributed by atoms with Crippen LogP contribution in [0.1, 0.15) is 16.7 Å². The van der Waals surface area contributed by atoms with Gasteiger partial charge in [0.15, 0.2) is 0 Å². The minimum atomic E-state index is 1.27. The monoisotopic (exact) mass is 304 g/mol. The third-order valence-electron chi connectivity index (χ3n) is 4.85. The van der Waals surface area contributed by atoms with Gasteiger partial charge in [-0.1, -0.05) is 91.0 Å². The molecule has 24 heavy (non-hydrogen) atoms. The van der Waals surface area contributed by atoms with Crippen molar-refractivity contribution < 1.29 is 0 Å². The van der Waals surface area contributed by atoms with Gasteiger partial charge in [0.25, 0.3) is 0 Å². The predicted molar refractivity (Wildman–Crippen MR) is 103 cm³/mol. The highest BCUT2D eigenvalue weighted by Gasteiger charge is 2.22. The number of hydrogen-bond acceptors (Lipinski definition) is 0. The van der Waals surface area contributed by atoms with E-state index in [0.717, 1.165) is 0 Å². The Balaban J connectivity index is 1.81. The summed E-state index contributed by atoms with van der Waals surface area (Å²) >= 11 is 0. The Labute approximate surface area is 141 Å². The lowest BCUT2D eigenvalue weighted by atomic mass is 9.98. The summed E-state index contributed by atoms with van der Waals surface area (Å²) in [7, 11) is 0. The molecule has 0 bridgehead atoms. The molecule has 4 aromatic rings. The summed E-state index contributed by atoms with van der Waals surface area (Å²) in [5.41, 5.74) is 7.91. The summed E-state index contributed by atoms with van der Waals surface area (Å²) in [5.74, 6) is 0. The molecule has 0 N–H and O–H groups in total. The zero-order chi connectivity index (χ0) is 15.9. The Morgan fingerprint density at radius 2 is 1.00 bits per heavy atom. The smallest absolute Gasteiger partial charge is 0.00928 e. The highest BCUT2D eigenvalue weighted by atomic mass is 14.2. The number of benzene rings is 4. The lowest BCUT2D eigenvalue weighted by molar-refractivity contribution is 1.65. The van der Waals surface area contributed by atoms with Gasteiger partial charge in [0.2, 0.25) is 0 Å². The molecule has 0 amide bonds. The molecule has 0 heteroatoms. The molecule has 0 saturated carbocycles. The van der Waals surface area contributed by atoms with E-state index in [-0.39, 0.29) is 0 Å². The van der Waals surface area contributed by atoms with Gasteiger partial charge in [-0.2, -0.15) is 0 Å². The first-order chi connectivity index (χ1) is 11.9. The van der Waals surface area contributed by atoms with Gasteiger partial charge in [0, 0.05) is 0 Å². The molecular weight excluding hydrogens is 288 g/mol. The van der Waals surface area contributed by atoms with Crippen molar-refractivity contribution in [2.45, 2.75) is 0 Å². The molecule has 112 valence electrons. The van der Waals surface area contributed by atoms with Crippen molar-refractivity contribution in [3.8, 4) is 11.1 Å². The summed E-state index contributed by atoms with van der Waals surface area (Å²) in [4.78, 5) is 0. The number of hydrogen-bond donors (Lipinski definition) is 0. The quantitative estimate of drug-likeness (QED) is 0.336. The van der Waals surface area contributed by atoms with E-state index in [2.05, 4.69) is 97.1 Å². The Bertz CT molecular complexity index is 1050. The van der Waals surface area contributed by atoms with E-state index in [0.29, 0.717) is 0 Å². The average molecular weight is 304 g/mol. The van der Waals surface area contributed by atoms with Crippen LogP contribution in [0.15, 0.2) is 91.0 Å². The van der Waals surface area contributed by atoms with Gasteiger partial charge >= 0.3 is 0 Å². The summed E-state index contributed by atoms with van der Waals surface area (Å²) in [6.07, 6.45) is 2.34. The van der Waals surface area contributed by atoms with Crippen LogP contribution in [-0.2, 0) is 0 Å². The highest BCUT2D eigenvalue weighted by molar-refractivity contribution is 6.08. The molecule has 4 aromatic carbocycles. The molecule has 0 heterocycles. The Kier molecular flexibility index (Phi) is 2.89. The maximum absolute atomic E-state index is 2.34. The minimum Gasteiger partial charge on any atom is -0.0616 e. The van der Waals surface area contributed by atoms with Gasteiger partial charge in [0.05, 0.1) is 0 Å². The average Bonchev–Trinajstić information content (AvgIpc) is 2.97. The zero-order valence-electron chi connectivity index (χ0n) is 13.2. The van der Waals surface area contributed by atoms with Gasteiger partial charge in [-0.25, -0.2) is 0 Å². The first-order valence-corrected chi connectivity index (χ1v) is 8.30. The zero-order valence-corrected chi connectivity index (χ0v) is 13.2. The third kappa shape index (κ3) is 1.93. The van der Waals surface area contributed by atoms with E-state index in [1.54, 1.807) is 0 Å². The molecule has 1 aliphatic carbocycles. The maximum atomic E-state index is 2.34. The predicted octanol–water partition coefficient (Wildman–Crippen LogP) is 6.41. The van der Waals surface area contributed by atoms with Crippen molar-refractivity contribution in [3.05, 3.63) is 108 Å². The van der Waals surface area contributed by atoms with Gasteiger partial charge in [-0.05, 0) is 50.2 Å². The van der Waals surface area contributed by atoms with Crippen LogP contribution in [0, 0.1) is 0 Å². The summed E-state index contributed by atoms with van der Waals surface area (Å²) in [6.45, 7) is 0. The van der Waals surface area contributed by atoms with Crippen molar-refractivity contribution in [2.75, 3.05) is 0 Å². The van der Waals surface area contributed by atoms with Crippen LogP contribution in [0.25, 0.3) is 33.5 Å². The summed E-state index contributed by atoms with van der Waals surface area (Å²) in [5, 5.41) is 2.58. The van der Waals surface area contributed by atoms with E-state index in [9.17, 15) is 0 Å². The van der Waals surface area contributed by atoms with Crippen LogP contribution in [0.3, 0.4) is 0 Å². The van der Waals surface area contributed by atoms with E-state index in [4.69, 9.17) is 0 Å². The molecular formula is C24H16. The molecule has 0 spiro atoms. The first-order valence-electron chi connectivity index (χ1n) is 8.30.